The number of unbranched alkanes of at least 4 members (excludes halogenated alkanes) is 2. The van der Waals surface area contributed by atoms with Crippen LogP contribution in [0.15, 0.2) is 73.8 Å². The van der Waals surface area contributed by atoms with Crippen molar-refractivity contribution in [1.82, 2.24) is 4.90 Å². The number of hydrogen-bond donors (Lipinski definition) is 1. The van der Waals surface area contributed by atoms with Gasteiger partial charge in [-0.1, -0.05) is 61.5 Å². The number of allylic oxidation sites excluding steroid dienone is 1. The summed E-state index contributed by atoms with van der Waals surface area (Å²) < 4.78 is 4.97. The molecule has 2 aromatic carbocycles. The third-order valence-electron chi connectivity index (χ3n) is 9.89. The smallest absolute Gasteiger partial charge is 0.310 e. The predicted molar refractivity (Wildman–Crippen MR) is 180 cm³/mol. The number of rotatable bonds is 14. The molecule has 0 aromatic heterocycles. The number of thioether (sulfide) groups is 1. The van der Waals surface area contributed by atoms with Gasteiger partial charge in [0.15, 0.2) is 0 Å². The largest absolute Gasteiger partial charge is 0.465 e. The summed E-state index contributed by atoms with van der Waals surface area (Å²) in [6.45, 7) is 14.0. The summed E-state index contributed by atoms with van der Waals surface area (Å²) in [6, 6.07) is 14.2. The highest BCUT2D eigenvalue weighted by Gasteiger charge is 2.77. The normalized spacial score (nSPS) is 27.2. The monoisotopic (exact) mass is 630 g/mol. The van der Waals surface area contributed by atoms with Gasteiger partial charge < -0.3 is 19.6 Å². The maximum atomic E-state index is 15.1. The number of aliphatic hydroxyl groups is 1. The molecule has 3 heterocycles. The summed E-state index contributed by atoms with van der Waals surface area (Å²) in [5.74, 6) is -2.14. The standard InChI is InChI=1S/C37H46N2O5S/c1-6-8-9-13-19-44-36(43)31-30-21-26(5)37(45-30)32(31)34(41)39(28(23-40)22-27-14-11-10-12-15-27)33(37)35(42)38(18-7-2)29-20-24(3)16-17-25(29)4/h6-7,10-12,14-17,20,26,28,30-33,40H,1-2,8-9,13,18-19,21-23H2,3-5H3/t26?,28-,30+,31-,32+,33?,37?/m1/s1. The molecule has 8 heteroatoms. The number of anilines is 1. The Hall–Kier alpha value is -3.36. The molecule has 3 aliphatic rings. The van der Waals surface area contributed by atoms with Gasteiger partial charge in [0.25, 0.3) is 5.91 Å². The minimum atomic E-state index is -0.869. The summed E-state index contributed by atoms with van der Waals surface area (Å²) in [6.07, 6.45) is 7.12. The van der Waals surface area contributed by atoms with Gasteiger partial charge in [-0.15, -0.1) is 24.9 Å². The SMILES string of the molecule is C=CCCCCOC(=O)[C@@H]1[C@@H]2CC(C)C3(S2)C(C(=O)N(CC=C)c2cc(C)ccc2C)N([C@@H](CO)Cc2ccccc2)C(=O)[C@H]13. The maximum absolute atomic E-state index is 15.1. The molecule has 0 saturated carbocycles. The van der Waals surface area contributed by atoms with E-state index < -0.39 is 28.7 Å². The Morgan fingerprint density at radius 2 is 1.91 bits per heavy atom. The maximum Gasteiger partial charge on any atom is 0.310 e. The number of esters is 1. The average Bonchev–Trinajstić information content (AvgIpc) is 3.63. The third kappa shape index (κ3) is 5.99. The number of nitrogens with zero attached hydrogens (tertiary/aromatic N) is 2. The number of aliphatic hydroxyl groups excluding tert-OH is 1. The zero-order valence-corrected chi connectivity index (χ0v) is 27.5. The molecule has 0 radical (unpaired) electrons. The Morgan fingerprint density at radius 1 is 1.16 bits per heavy atom. The number of amides is 2. The molecule has 3 unspecified atom stereocenters. The average molecular weight is 631 g/mol. The Kier molecular flexibility index (Phi) is 10.2. The molecule has 2 aromatic rings. The van der Waals surface area contributed by atoms with Gasteiger partial charge in [0.2, 0.25) is 5.91 Å². The Bertz CT molecular complexity index is 1430. The van der Waals surface area contributed by atoms with Gasteiger partial charge >= 0.3 is 5.97 Å². The zero-order valence-electron chi connectivity index (χ0n) is 26.7. The second-order valence-electron chi connectivity index (χ2n) is 12.8. The van der Waals surface area contributed by atoms with E-state index in [0.29, 0.717) is 13.0 Å². The van der Waals surface area contributed by atoms with Crippen molar-refractivity contribution >= 4 is 35.2 Å². The first-order valence-corrected chi connectivity index (χ1v) is 17.0. The van der Waals surface area contributed by atoms with E-state index >= 15 is 4.79 Å². The zero-order chi connectivity index (χ0) is 32.3. The Balaban J connectivity index is 1.58. The van der Waals surface area contributed by atoms with Crippen LogP contribution >= 0.6 is 11.8 Å². The van der Waals surface area contributed by atoms with E-state index in [1.165, 1.54) is 0 Å². The van der Waals surface area contributed by atoms with Crippen molar-refractivity contribution in [3.63, 3.8) is 0 Å². The highest BCUT2D eigenvalue weighted by molar-refractivity contribution is 8.02. The highest BCUT2D eigenvalue weighted by atomic mass is 32.2. The first-order chi connectivity index (χ1) is 21.7. The minimum Gasteiger partial charge on any atom is -0.465 e. The lowest BCUT2D eigenvalue weighted by Crippen LogP contribution is -2.59. The number of benzene rings is 2. The van der Waals surface area contributed by atoms with E-state index in [-0.39, 0.29) is 42.1 Å². The minimum absolute atomic E-state index is 0.00250. The van der Waals surface area contributed by atoms with Crippen molar-refractivity contribution in [2.75, 3.05) is 24.7 Å². The first-order valence-electron chi connectivity index (χ1n) is 16.1. The van der Waals surface area contributed by atoms with Crippen LogP contribution in [0.4, 0.5) is 5.69 Å². The van der Waals surface area contributed by atoms with E-state index in [0.717, 1.165) is 48.1 Å². The Labute approximate surface area is 271 Å². The van der Waals surface area contributed by atoms with Crippen LogP contribution in [-0.4, -0.2) is 69.6 Å². The highest BCUT2D eigenvalue weighted by Crippen LogP contribution is 2.69. The van der Waals surface area contributed by atoms with Gasteiger partial charge in [-0.3, -0.25) is 14.4 Å². The van der Waals surface area contributed by atoms with Gasteiger partial charge in [-0.2, -0.15) is 0 Å². The van der Waals surface area contributed by atoms with Crippen LogP contribution in [0.2, 0.25) is 0 Å². The lowest BCUT2D eigenvalue weighted by atomic mass is 9.66. The quantitative estimate of drug-likeness (QED) is 0.165. The van der Waals surface area contributed by atoms with E-state index in [9.17, 15) is 14.7 Å². The number of ether oxygens (including phenoxy) is 1. The molecule has 45 heavy (non-hydrogen) atoms. The second-order valence-corrected chi connectivity index (χ2v) is 14.4. The van der Waals surface area contributed by atoms with Crippen LogP contribution in [0.5, 0.6) is 0 Å². The molecule has 1 N–H and O–H groups in total. The molecule has 2 amide bonds. The van der Waals surface area contributed by atoms with Gasteiger partial charge in [0, 0.05) is 17.5 Å². The summed E-state index contributed by atoms with van der Waals surface area (Å²) >= 11 is 1.63. The number of carbonyl (C=O) groups excluding carboxylic acids is 3. The molecule has 1 spiro atoms. The van der Waals surface area contributed by atoms with Gasteiger partial charge in [0.05, 0.1) is 35.8 Å². The van der Waals surface area contributed by atoms with Gasteiger partial charge in [0.1, 0.15) is 6.04 Å². The van der Waals surface area contributed by atoms with E-state index in [1.54, 1.807) is 27.6 Å². The molecule has 240 valence electrons. The molecule has 2 bridgehead atoms. The number of aryl methyl sites for hydroxylation is 2. The molecule has 3 saturated heterocycles. The second kappa shape index (κ2) is 14.0. The topological polar surface area (TPSA) is 87.2 Å². The van der Waals surface area contributed by atoms with Crippen LogP contribution in [0.25, 0.3) is 0 Å². The van der Waals surface area contributed by atoms with E-state index in [4.69, 9.17) is 4.74 Å². The Morgan fingerprint density at radius 3 is 2.60 bits per heavy atom. The van der Waals surface area contributed by atoms with E-state index in [2.05, 4.69) is 20.1 Å². The van der Waals surface area contributed by atoms with Crippen LogP contribution < -0.4 is 4.90 Å². The fourth-order valence-corrected chi connectivity index (χ4v) is 10.2. The van der Waals surface area contributed by atoms with Crippen LogP contribution in [0, 0.1) is 31.6 Å². The van der Waals surface area contributed by atoms with Crippen molar-refractivity contribution in [3.05, 3.63) is 90.5 Å². The fourth-order valence-electron chi connectivity index (χ4n) is 7.79. The third-order valence-corrected chi connectivity index (χ3v) is 12.0. The lowest BCUT2D eigenvalue weighted by molar-refractivity contribution is -0.155. The number of hydrogen-bond acceptors (Lipinski definition) is 6. The predicted octanol–water partition coefficient (Wildman–Crippen LogP) is 5.66. The summed E-state index contributed by atoms with van der Waals surface area (Å²) in [4.78, 5) is 47.0. The van der Waals surface area contributed by atoms with Crippen LogP contribution in [0.1, 0.15) is 49.3 Å². The summed E-state index contributed by atoms with van der Waals surface area (Å²) in [5.41, 5.74) is 3.70. The van der Waals surface area contributed by atoms with E-state index in [1.807, 2.05) is 68.5 Å². The van der Waals surface area contributed by atoms with Crippen LogP contribution in [0.3, 0.4) is 0 Å². The molecular formula is C37H46N2O5S. The van der Waals surface area contributed by atoms with Crippen LogP contribution in [-0.2, 0) is 25.5 Å². The molecule has 3 aliphatic heterocycles. The molecule has 7 nitrogen and oxygen atoms in total. The van der Waals surface area contributed by atoms with Gasteiger partial charge in [-0.25, -0.2) is 0 Å². The molecule has 0 aliphatic carbocycles. The molecule has 5 rings (SSSR count). The van der Waals surface area contributed by atoms with Crippen molar-refractivity contribution in [1.29, 1.82) is 0 Å². The van der Waals surface area contributed by atoms with Gasteiger partial charge in [-0.05, 0) is 74.6 Å². The first kappa shape index (κ1) is 33.0. The lowest BCUT2D eigenvalue weighted by Gasteiger charge is -2.42. The van der Waals surface area contributed by atoms with Crippen molar-refractivity contribution < 1.29 is 24.2 Å². The number of carbonyl (C=O) groups is 3. The number of likely N-dealkylation sites (tertiary alicyclic amines) is 1. The summed E-state index contributed by atoms with van der Waals surface area (Å²) in [7, 11) is 0. The van der Waals surface area contributed by atoms with Crippen molar-refractivity contribution in [3.8, 4) is 0 Å². The van der Waals surface area contributed by atoms with Crippen molar-refractivity contribution in [2.24, 2.45) is 17.8 Å². The molecule has 3 fully saturated rings. The molecule has 7 atom stereocenters. The van der Waals surface area contributed by atoms with Crippen molar-refractivity contribution in [2.45, 2.75) is 75.0 Å². The fraction of sp³-hybridized carbons (Fsp3) is 0.486. The summed E-state index contributed by atoms with van der Waals surface area (Å²) in [5, 5.41) is 10.7. The number of fused-ring (bicyclic) bond motifs is 1. The molecular weight excluding hydrogens is 584 g/mol.